The van der Waals surface area contributed by atoms with E-state index in [1.807, 2.05) is 0 Å². The Morgan fingerprint density at radius 3 is 2.42 bits per heavy atom. The summed E-state index contributed by atoms with van der Waals surface area (Å²) in [4.78, 5) is 5.58. The molecule has 0 amide bonds. The van der Waals surface area contributed by atoms with Gasteiger partial charge in [-0.2, -0.15) is 13.2 Å². The van der Waals surface area contributed by atoms with Crippen molar-refractivity contribution in [3.8, 4) is 0 Å². The molecule has 0 aliphatic carbocycles. The lowest BCUT2D eigenvalue weighted by molar-refractivity contribution is -0.137. The van der Waals surface area contributed by atoms with Crippen LogP contribution in [0.4, 0.5) is 19.0 Å². The molecule has 3 nitrogen and oxygen atoms in total. The van der Waals surface area contributed by atoms with Gasteiger partial charge in [-0.15, -0.1) is 24.8 Å². The molecule has 2 N–H and O–H groups in total. The number of halogens is 6. The summed E-state index contributed by atoms with van der Waals surface area (Å²) in [6, 6.07) is 0.920. The summed E-state index contributed by atoms with van der Waals surface area (Å²) in [5.41, 5.74) is 4.88. The molecule has 1 fully saturated rings. The number of nitrogens with zero attached hydrogens (tertiary/aromatic N) is 2. The van der Waals surface area contributed by atoms with Gasteiger partial charge in [-0.25, -0.2) is 4.98 Å². The van der Waals surface area contributed by atoms with Crippen LogP contribution in [-0.4, -0.2) is 24.1 Å². The number of aromatic nitrogens is 1. The predicted molar refractivity (Wildman–Crippen MR) is 73.6 cm³/mol. The average molecular weight is 339 g/mol. The fraction of sp³-hybridized carbons (Fsp3) is 0.500. The average Bonchev–Trinajstić information content (AvgIpc) is 2.63. The molecule has 9 heteroatoms. The van der Waals surface area contributed by atoms with Crippen LogP contribution in [-0.2, 0) is 6.18 Å². The molecule has 0 saturated carbocycles. The molecular formula is C10H13Cl3F3N3. The Bertz CT molecular complexity index is 428. The minimum Gasteiger partial charge on any atom is -0.354 e. The van der Waals surface area contributed by atoms with E-state index in [2.05, 4.69) is 4.98 Å². The summed E-state index contributed by atoms with van der Waals surface area (Å²) in [7, 11) is 0. The van der Waals surface area contributed by atoms with Crippen LogP contribution in [0.5, 0.6) is 0 Å². The van der Waals surface area contributed by atoms with Gasteiger partial charge in [-0.05, 0) is 12.5 Å². The van der Waals surface area contributed by atoms with E-state index in [9.17, 15) is 13.2 Å². The first-order valence-corrected chi connectivity index (χ1v) is 5.49. The quantitative estimate of drug-likeness (QED) is 0.855. The number of pyridine rings is 1. The van der Waals surface area contributed by atoms with Gasteiger partial charge in [0.05, 0.1) is 10.6 Å². The van der Waals surface area contributed by atoms with Crippen molar-refractivity contribution >= 4 is 42.2 Å². The zero-order chi connectivity index (χ0) is 12.6. The van der Waals surface area contributed by atoms with E-state index in [0.717, 1.165) is 18.7 Å². The van der Waals surface area contributed by atoms with Gasteiger partial charge in [-0.1, -0.05) is 11.6 Å². The third-order valence-electron chi connectivity index (χ3n) is 2.67. The number of anilines is 1. The van der Waals surface area contributed by atoms with Crippen molar-refractivity contribution in [1.29, 1.82) is 0 Å². The standard InChI is InChI=1S/C10H11ClF3N3.2ClH/c11-8-3-6(10(12,13)14)4-16-9(8)17-2-1-7(15)5-17;;/h3-4,7H,1-2,5,15H2;2*1H/t7-;;/m0../s1. The lowest BCUT2D eigenvalue weighted by Gasteiger charge is -2.19. The maximum absolute atomic E-state index is 12.4. The molecule has 0 aromatic carbocycles. The molecule has 1 atom stereocenters. The van der Waals surface area contributed by atoms with Gasteiger partial charge in [0.15, 0.2) is 0 Å². The molecule has 1 aromatic heterocycles. The van der Waals surface area contributed by atoms with Crippen molar-refractivity contribution in [3.63, 3.8) is 0 Å². The first-order valence-electron chi connectivity index (χ1n) is 5.11. The normalized spacial score (nSPS) is 18.8. The van der Waals surface area contributed by atoms with E-state index >= 15 is 0 Å². The lowest BCUT2D eigenvalue weighted by Crippen LogP contribution is -2.27. The van der Waals surface area contributed by atoms with Gasteiger partial charge in [0, 0.05) is 25.3 Å². The Morgan fingerprint density at radius 1 is 1.37 bits per heavy atom. The minimum atomic E-state index is -4.42. The number of alkyl halides is 3. The lowest BCUT2D eigenvalue weighted by atomic mass is 10.2. The largest absolute Gasteiger partial charge is 0.417 e. The molecule has 1 aliphatic heterocycles. The fourth-order valence-corrected chi connectivity index (χ4v) is 2.08. The third kappa shape index (κ3) is 4.27. The third-order valence-corrected chi connectivity index (χ3v) is 2.95. The minimum absolute atomic E-state index is 0. The van der Waals surface area contributed by atoms with Crippen LogP contribution in [0.15, 0.2) is 12.3 Å². The number of rotatable bonds is 1. The Balaban J connectivity index is 0.00000162. The molecule has 2 heterocycles. The summed E-state index contributed by atoms with van der Waals surface area (Å²) >= 11 is 5.82. The number of hydrogen-bond acceptors (Lipinski definition) is 3. The smallest absolute Gasteiger partial charge is 0.354 e. The van der Waals surface area contributed by atoms with E-state index in [4.69, 9.17) is 17.3 Å². The second kappa shape index (κ2) is 6.83. The summed E-state index contributed by atoms with van der Waals surface area (Å²) in [5.74, 6) is 0.368. The number of nitrogens with two attached hydrogens (primary N) is 1. The first-order chi connectivity index (χ1) is 7.88. The molecule has 0 bridgehead atoms. The highest BCUT2D eigenvalue weighted by molar-refractivity contribution is 6.33. The molecule has 1 aliphatic rings. The van der Waals surface area contributed by atoms with Crippen molar-refractivity contribution in [2.45, 2.75) is 18.6 Å². The summed E-state index contributed by atoms with van der Waals surface area (Å²) in [5, 5.41) is 0.00826. The van der Waals surface area contributed by atoms with Crippen LogP contribution in [0.1, 0.15) is 12.0 Å². The van der Waals surface area contributed by atoms with Gasteiger partial charge in [0.25, 0.3) is 0 Å². The molecule has 1 saturated heterocycles. The van der Waals surface area contributed by atoms with Crippen LogP contribution in [0.3, 0.4) is 0 Å². The van der Waals surface area contributed by atoms with E-state index < -0.39 is 11.7 Å². The van der Waals surface area contributed by atoms with Crippen molar-refractivity contribution < 1.29 is 13.2 Å². The van der Waals surface area contributed by atoms with E-state index in [1.54, 1.807) is 4.90 Å². The van der Waals surface area contributed by atoms with Crippen molar-refractivity contribution in [2.75, 3.05) is 18.0 Å². The summed E-state index contributed by atoms with van der Waals surface area (Å²) < 4.78 is 37.2. The molecule has 0 unspecified atom stereocenters. The van der Waals surface area contributed by atoms with Crippen molar-refractivity contribution in [2.24, 2.45) is 5.73 Å². The van der Waals surface area contributed by atoms with Crippen molar-refractivity contribution in [3.05, 3.63) is 22.8 Å². The fourth-order valence-electron chi connectivity index (χ4n) is 1.80. The van der Waals surface area contributed by atoms with Gasteiger partial charge >= 0.3 is 6.18 Å². The Morgan fingerprint density at radius 2 is 2.00 bits per heavy atom. The highest BCUT2D eigenvalue weighted by Gasteiger charge is 2.32. The zero-order valence-electron chi connectivity index (χ0n) is 9.65. The van der Waals surface area contributed by atoms with E-state index in [0.29, 0.717) is 18.9 Å². The number of hydrogen-bond donors (Lipinski definition) is 1. The van der Waals surface area contributed by atoms with Gasteiger partial charge in [0.2, 0.25) is 0 Å². The Hall–Kier alpha value is -0.430. The molecular weight excluding hydrogens is 325 g/mol. The van der Waals surface area contributed by atoms with Gasteiger partial charge in [-0.3, -0.25) is 0 Å². The second-order valence-electron chi connectivity index (χ2n) is 4.02. The SMILES string of the molecule is Cl.Cl.N[C@H]1CCN(c2ncc(C(F)(F)F)cc2Cl)C1. The van der Waals surface area contributed by atoms with Crippen LogP contribution >= 0.6 is 36.4 Å². The van der Waals surface area contributed by atoms with E-state index in [-0.39, 0.29) is 35.9 Å². The van der Waals surface area contributed by atoms with Crippen LogP contribution in [0, 0.1) is 0 Å². The maximum Gasteiger partial charge on any atom is 0.417 e. The van der Waals surface area contributed by atoms with Gasteiger partial charge < -0.3 is 10.6 Å². The molecule has 2 rings (SSSR count). The molecule has 1 aromatic rings. The first kappa shape index (κ1) is 18.6. The van der Waals surface area contributed by atoms with Gasteiger partial charge in [0.1, 0.15) is 5.82 Å². The maximum atomic E-state index is 12.4. The monoisotopic (exact) mass is 337 g/mol. The second-order valence-corrected chi connectivity index (χ2v) is 4.43. The Kier molecular flexibility index (Phi) is 6.68. The summed E-state index contributed by atoms with van der Waals surface area (Å²) in [6.07, 6.45) is -2.83. The topological polar surface area (TPSA) is 42.1 Å². The van der Waals surface area contributed by atoms with E-state index in [1.165, 1.54) is 0 Å². The molecule has 0 radical (unpaired) electrons. The molecule has 0 spiro atoms. The summed E-state index contributed by atoms with van der Waals surface area (Å²) in [6.45, 7) is 1.23. The highest BCUT2D eigenvalue weighted by atomic mass is 35.5. The van der Waals surface area contributed by atoms with Crippen molar-refractivity contribution in [1.82, 2.24) is 4.98 Å². The van der Waals surface area contributed by atoms with Crippen LogP contribution in [0.2, 0.25) is 5.02 Å². The zero-order valence-corrected chi connectivity index (χ0v) is 12.0. The highest BCUT2D eigenvalue weighted by Crippen LogP contribution is 2.34. The molecule has 19 heavy (non-hydrogen) atoms. The van der Waals surface area contributed by atoms with Crippen LogP contribution in [0.25, 0.3) is 0 Å². The Labute approximate surface area is 126 Å². The predicted octanol–water partition coefficient (Wildman–Crippen LogP) is 3.13. The molecule has 110 valence electrons. The van der Waals surface area contributed by atoms with Crippen LogP contribution < -0.4 is 10.6 Å².